The summed E-state index contributed by atoms with van der Waals surface area (Å²) in [7, 11) is 0. The molecule has 1 aromatic rings. The fraction of sp³-hybridized carbons (Fsp3) is 0.562. The Bertz CT molecular complexity index is 473. The van der Waals surface area contributed by atoms with Gasteiger partial charge in [0.1, 0.15) is 5.75 Å². The van der Waals surface area contributed by atoms with E-state index in [2.05, 4.69) is 5.32 Å². The molecule has 1 aliphatic carbocycles. The van der Waals surface area contributed by atoms with Gasteiger partial charge in [-0.2, -0.15) is 0 Å². The van der Waals surface area contributed by atoms with Gasteiger partial charge in [0.05, 0.1) is 12.1 Å². The molecule has 1 amide bonds. The second-order valence-electron chi connectivity index (χ2n) is 5.51. The van der Waals surface area contributed by atoms with Crippen molar-refractivity contribution in [3.05, 3.63) is 29.3 Å². The molecule has 2 rings (SSSR count). The van der Waals surface area contributed by atoms with E-state index in [1.54, 1.807) is 0 Å². The quantitative estimate of drug-likeness (QED) is 0.886. The Kier molecular flexibility index (Phi) is 5.01. The predicted octanol–water partition coefficient (Wildman–Crippen LogP) is 2.10. The van der Waals surface area contributed by atoms with Gasteiger partial charge < -0.3 is 15.2 Å². The molecule has 1 saturated carbocycles. The molecule has 0 aromatic heterocycles. The molecule has 0 spiro atoms. The molecule has 0 heterocycles. The lowest BCUT2D eigenvalue weighted by molar-refractivity contribution is -0.125. The number of rotatable bonds is 4. The summed E-state index contributed by atoms with van der Waals surface area (Å²) in [5, 5.41) is 12.7. The Morgan fingerprint density at radius 3 is 2.85 bits per heavy atom. The molecule has 4 nitrogen and oxygen atoms in total. The SMILES string of the molecule is Cc1cccc(OCC(=O)NC2CCCCC2O)c1C. The molecule has 0 bridgehead atoms. The number of benzene rings is 1. The molecule has 1 fully saturated rings. The van der Waals surface area contributed by atoms with Gasteiger partial charge in [-0.3, -0.25) is 4.79 Å². The smallest absolute Gasteiger partial charge is 0.258 e. The van der Waals surface area contributed by atoms with Crippen LogP contribution in [-0.4, -0.2) is 29.8 Å². The highest BCUT2D eigenvalue weighted by Gasteiger charge is 2.24. The normalized spacial score (nSPS) is 22.4. The second kappa shape index (κ2) is 6.75. The minimum absolute atomic E-state index is 0.00644. The number of hydrogen-bond acceptors (Lipinski definition) is 3. The highest BCUT2D eigenvalue weighted by molar-refractivity contribution is 5.78. The molecular weight excluding hydrogens is 254 g/mol. The minimum Gasteiger partial charge on any atom is -0.483 e. The van der Waals surface area contributed by atoms with Crippen LogP contribution >= 0.6 is 0 Å². The molecule has 0 saturated heterocycles. The van der Waals surface area contributed by atoms with Crippen molar-refractivity contribution in [2.75, 3.05) is 6.61 Å². The Morgan fingerprint density at radius 2 is 2.10 bits per heavy atom. The maximum Gasteiger partial charge on any atom is 0.258 e. The van der Waals surface area contributed by atoms with Crippen molar-refractivity contribution in [1.29, 1.82) is 0 Å². The molecule has 2 N–H and O–H groups in total. The number of amides is 1. The maximum absolute atomic E-state index is 11.9. The number of aliphatic hydroxyl groups is 1. The number of carbonyl (C=O) groups excluding carboxylic acids is 1. The summed E-state index contributed by atoms with van der Waals surface area (Å²) in [6.07, 6.45) is 3.28. The fourth-order valence-corrected chi connectivity index (χ4v) is 2.55. The van der Waals surface area contributed by atoms with Gasteiger partial charge in [0.2, 0.25) is 0 Å². The van der Waals surface area contributed by atoms with Gasteiger partial charge in [-0.05, 0) is 43.9 Å². The highest BCUT2D eigenvalue weighted by Crippen LogP contribution is 2.21. The zero-order valence-electron chi connectivity index (χ0n) is 12.2. The van der Waals surface area contributed by atoms with Gasteiger partial charge >= 0.3 is 0 Å². The molecule has 110 valence electrons. The first-order valence-corrected chi connectivity index (χ1v) is 7.24. The van der Waals surface area contributed by atoms with Crippen molar-refractivity contribution in [3.8, 4) is 5.75 Å². The van der Waals surface area contributed by atoms with E-state index in [0.29, 0.717) is 0 Å². The number of aryl methyl sites for hydroxylation is 1. The molecule has 1 aliphatic rings. The van der Waals surface area contributed by atoms with Gasteiger partial charge in [-0.15, -0.1) is 0 Å². The van der Waals surface area contributed by atoms with Crippen molar-refractivity contribution >= 4 is 5.91 Å². The van der Waals surface area contributed by atoms with E-state index in [1.807, 2.05) is 32.0 Å². The zero-order chi connectivity index (χ0) is 14.5. The summed E-state index contributed by atoms with van der Waals surface area (Å²) in [6.45, 7) is 3.99. The van der Waals surface area contributed by atoms with Crippen LogP contribution in [0.25, 0.3) is 0 Å². The zero-order valence-corrected chi connectivity index (χ0v) is 12.2. The topological polar surface area (TPSA) is 58.6 Å². The molecule has 2 atom stereocenters. The lowest BCUT2D eigenvalue weighted by Crippen LogP contribution is -2.46. The van der Waals surface area contributed by atoms with Crippen LogP contribution in [0.1, 0.15) is 36.8 Å². The van der Waals surface area contributed by atoms with Gasteiger partial charge in [-0.25, -0.2) is 0 Å². The highest BCUT2D eigenvalue weighted by atomic mass is 16.5. The minimum atomic E-state index is -0.423. The molecule has 2 unspecified atom stereocenters. The van der Waals surface area contributed by atoms with Crippen LogP contribution in [0.15, 0.2) is 18.2 Å². The van der Waals surface area contributed by atoms with Gasteiger partial charge in [0, 0.05) is 0 Å². The summed E-state index contributed by atoms with van der Waals surface area (Å²) in [6, 6.07) is 5.67. The van der Waals surface area contributed by atoms with Gasteiger partial charge in [0.25, 0.3) is 5.91 Å². The molecule has 0 aliphatic heterocycles. The first-order valence-electron chi connectivity index (χ1n) is 7.24. The van der Waals surface area contributed by atoms with Crippen LogP contribution in [0, 0.1) is 13.8 Å². The van der Waals surface area contributed by atoms with Gasteiger partial charge in [0.15, 0.2) is 6.61 Å². The van der Waals surface area contributed by atoms with Crippen LogP contribution in [0.3, 0.4) is 0 Å². The van der Waals surface area contributed by atoms with E-state index in [1.165, 1.54) is 0 Å². The van der Waals surface area contributed by atoms with Gasteiger partial charge in [-0.1, -0.05) is 25.0 Å². The molecule has 1 aromatic carbocycles. The molecule has 20 heavy (non-hydrogen) atoms. The van der Waals surface area contributed by atoms with Crippen LogP contribution in [0.4, 0.5) is 0 Å². The van der Waals surface area contributed by atoms with E-state index in [4.69, 9.17) is 4.74 Å². The average molecular weight is 277 g/mol. The van der Waals surface area contributed by atoms with Crippen LogP contribution in [-0.2, 0) is 4.79 Å². The number of nitrogens with one attached hydrogen (secondary N) is 1. The molecule has 0 radical (unpaired) electrons. The lowest BCUT2D eigenvalue weighted by Gasteiger charge is -2.28. The third-order valence-corrected chi connectivity index (χ3v) is 3.99. The lowest BCUT2D eigenvalue weighted by atomic mass is 9.92. The largest absolute Gasteiger partial charge is 0.483 e. The number of aliphatic hydroxyl groups excluding tert-OH is 1. The summed E-state index contributed by atoms with van der Waals surface area (Å²) in [5.74, 6) is 0.571. The van der Waals surface area contributed by atoms with E-state index < -0.39 is 6.10 Å². The van der Waals surface area contributed by atoms with Crippen LogP contribution in [0.5, 0.6) is 5.75 Å². The Morgan fingerprint density at radius 1 is 1.35 bits per heavy atom. The number of hydrogen-bond donors (Lipinski definition) is 2. The van der Waals surface area contributed by atoms with E-state index in [9.17, 15) is 9.90 Å². The molecular formula is C16H23NO3. The number of ether oxygens (including phenoxy) is 1. The maximum atomic E-state index is 11.9. The summed E-state index contributed by atoms with van der Waals surface area (Å²) >= 11 is 0. The van der Waals surface area contributed by atoms with E-state index in [0.717, 1.165) is 42.6 Å². The van der Waals surface area contributed by atoms with Crippen molar-refractivity contribution in [2.24, 2.45) is 0 Å². The van der Waals surface area contributed by atoms with Crippen molar-refractivity contribution in [1.82, 2.24) is 5.32 Å². The van der Waals surface area contributed by atoms with E-state index in [-0.39, 0.29) is 18.6 Å². The Labute approximate surface area is 120 Å². The monoisotopic (exact) mass is 277 g/mol. The third-order valence-electron chi connectivity index (χ3n) is 3.99. The van der Waals surface area contributed by atoms with Crippen molar-refractivity contribution in [2.45, 2.75) is 51.7 Å². The average Bonchev–Trinajstić information content (AvgIpc) is 2.43. The Balaban J connectivity index is 1.84. The van der Waals surface area contributed by atoms with Crippen molar-refractivity contribution in [3.63, 3.8) is 0 Å². The summed E-state index contributed by atoms with van der Waals surface area (Å²) in [4.78, 5) is 11.9. The van der Waals surface area contributed by atoms with Crippen molar-refractivity contribution < 1.29 is 14.6 Å². The standard InChI is InChI=1S/C16H23NO3/c1-11-6-5-9-15(12(11)2)20-10-16(19)17-13-7-3-4-8-14(13)18/h5-6,9,13-14,18H,3-4,7-8,10H2,1-2H3,(H,17,19). The fourth-order valence-electron chi connectivity index (χ4n) is 2.55. The first-order chi connectivity index (χ1) is 9.58. The first kappa shape index (κ1) is 14.9. The number of carbonyl (C=O) groups is 1. The molecule has 4 heteroatoms. The van der Waals surface area contributed by atoms with Crippen LogP contribution in [0.2, 0.25) is 0 Å². The summed E-state index contributed by atoms with van der Waals surface area (Å²) < 4.78 is 5.56. The Hall–Kier alpha value is -1.55. The second-order valence-corrected chi connectivity index (χ2v) is 5.51. The van der Waals surface area contributed by atoms with E-state index >= 15 is 0 Å². The summed E-state index contributed by atoms with van der Waals surface area (Å²) in [5.41, 5.74) is 2.20. The van der Waals surface area contributed by atoms with Crippen LogP contribution < -0.4 is 10.1 Å². The predicted molar refractivity (Wildman–Crippen MR) is 77.8 cm³/mol. The third kappa shape index (κ3) is 3.73.